The standard InChI is InChI=1S/C4H10N2O3/c5-4(7)3-6-1-2-9-8/h6,8H,1-3H2,(H2,5,7). The van der Waals surface area contributed by atoms with Crippen molar-refractivity contribution in [3.63, 3.8) is 0 Å². The SMILES string of the molecule is NC(=O)CNCCOO. The van der Waals surface area contributed by atoms with Gasteiger partial charge in [-0.1, -0.05) is 0 Å². The number of rotatable bonds is 5. The van der Waals surface area contributed by atoms with E-state index in [4.69, 9.17) is 11.0 Å². The predicted molar refractivity (Wildman–Crippen MR) is 30.6 cm³/mol. The van der Waals surface area contributed by atoms with E-state index in [9.17, 15) is 4.79 Å². The number of hydrogen-bond acceptors (Lipinski definition) is 4. The number of amides is 1. The Labute approximate surface area is 52.7 Å². The molecule has 5 nitrogen and oxygen atoms in total. The summed E-state index contributed by atoms with van der Waals surface area (Å²) >= 11 is 0. The van der Waals surface area contributed by atoms with Gasteiger partial charge in [-0.3, -0.25) is 10.1 Å². The molecule has 0 spiro atoms. The summed E-state index contributed by atoms with van der Waals surface area (Å²) in [4.78, 5) is 13.7. The largest absolute Gasteiger partial charge is 0.369 e. The Morgan fingerprint density at radius 1 is 1.78 bits per heavy atom. The molecule has 0 atom stereocenters. The third-order valence-corrected chi connectivity index (χ3v) is 0.669. The fourth-order valence-corrected chi connectivity index (χ4v) is 0.329. The van der Waals surface area contributed by atoms with E-state index in [1.54, 1.807) is 0 Å². The van der Waals surface area contributed by atoms with Crippen molar-refractivity contribution in [1.82, 2.24) is 5.32 Å². The first kappa shape index (κ1) is 8.35. The molecule has 0 heterocycles. The molecular formula is C4H10N2O3. The summed E-state index contributed by atoms with van der Waals surface area (Å²) < 4.78 is 0. The third-order valence-electron chi connectivity index (χ3n) is 0.669. The van der Waals surface area contributed by atoms with Crippen LogP contribution in [0.2, 0.25) is 0 Å². The van der Waals surface area contributed by atoms with E-state index in [0.717, 1.165) is 0 Å². The molecule has 0 aliphatic rings. The van der Waals surface area contributed by atoms with Crippen molar-refractivity contribution < 1.29 is 14.9 Å². The summed E-state index contributed by atoms with van der Waals surface area (Å²) in [6.07, 6.45) is 0. The maximum atomic E-state index is 10.0. The Hall–Kier alpha value is -0.650. The second kappa shape index (κ2) is 5.49. The van der Waals surface area contributed by atoms with Gasteiger partial charge < -0.3 is 11.1 Å². The van der Waals surface area contributed by atoms with Crippen LogP contribution in [0.4, 0.5) is 0 Å². The first-order valence-corrected chi connectivity index (χ1v) is 2.52. The van der Waals surface area contributed by atoms with E-state index in [2.05, 4.69) is 10.2 Å². The first-order chi connectivity index (χ1) is 4.27. The van der Waals surface area contributed by atoms with E-state index in [-0.39, 0.29) is 13.2 Å². The van der Waals surface area contributed by atoms with Crippen LogP contribution in [0.25, 0.3) is 0 Å². The van der Waals surface area contributed by atoms with Crippen molar-refractivity contribution in [3.8, 4) is 0 Å². The monoisotopic (exact) mass is 134 g/mol. The van der Waals surface area contributed by atoms with Gasteiger partial charge in [-0.25, -0.2) is 4.89 Å². The van der Waals surface area contributed by atoms with E-state index >= 15 is 0 Å². The molecule has 0 aromatic carbocycles. The normalized spacial score (nSPS) is 9.44. The van der Waals surface area contributed by atoms with Gasteiger partial charge in [-0.2, -0.15) is 0 Å². The minimum Gasteiger partial charge on any atom is -0.369 e. The van der Waals surface area contributed by atoms with Crippen molar-refractivity contribution in [2.75, 3.05) is 19.7 Å². The summed E-state index contributed by atoms with van der Waals surface area (Å²) in [5.74, 6) is -0.423. The number of nitrogens with two attached hydrogens (primary N) is 1. The van der Waals surface area contributed by atoms with Crippen molar-refractivity contribution in [1.29, 1.82) is 0 Å². The minimum absolute atomic E-state index is 0.114. The molecule has 4 N–H and O–H groups in total. The summed E-state index contributed by atoms with van der Waals surface area (Å²) in [6, 6.07) is 0. The topological polar surface area (TPSA) is 84.6 Å². The number of carbonyl (C=O) groups is 1. The quantitative estimate of drug-likeness (QED) is 0.244. The van der Waals surface area contributed by atoms with Crippen LogP contribution in [0.5, 0.6) is 0 Å². The molecule has 0 unspecified atom stereocenters. The summed E-state index contributed by atoms with van der Waals surface area (Å²) in [5, 5.41) is 10.4. The van der Waals surface area contributed by atoms with Crippen LogP contribution in [0.15, 0.2) is 0 Å². The zero-order valence-electron chi connectivity index (χ0n) is 4.96. The van der Waals surface area contributed by atoms with Gasteiger partial charge in [-0.15, -0.1) is 0 Å². The molecule has 0 aromatic rings. The van der Waals surface area contributed by atoms with Crippen LogP contribution in [0.3, 0.4) is 0 Å². The Kier molecular flexibility index (Phi) is 5.09. The van der Waals surface area contributed by atoms with E-state index < -0.39 is 5.91 Å². The zero-order valence-corrected chi connectivity index (χ0v) is 4.96. The minimum atomic E-state index is -0.423. The zero-order chi connectivity index (χ0) is 7.11. The molecule has 5 heteroatoms. The summed E-state index contributed by atoms with van der Waals surface area (Å²) in [6.45, 7) is 0.691. The number of hydrogen-bond donors (Lipinski definition) is 3. The van der Waals surface area contributed by atoms with Gasteiger partial charge in [0.05, 0.1) is 13.2 Å². The van der Waals surface area contributed by atoms with Crippen molar-refractivity contribution in [3.05, 3.63) is 0 Å². The average Bonchev–Trinajstić information content (AvgIpc) is 1.80. The lowest BCUT2D eigenvalue weighted by atomic mass is 10.6. The molecule has 0 fully saturated rings. The highest BCUT2D eigenvalue weighted by Crippen LogP contribution is 1.62. The Morgan fingerprint density at radius 2 is 2.44 bits per heavy atom. The van der Waals surface area contributed by atoms with Crippen molar-refractivity contribution in [2.24, 2.45) is 5.73 Å². The summed E-state index contributed by atoms with van der Waals surface area (Å²) in [7, 11) is 0. The van der Waals surface area contributed by atoms with Gasteiger partial charge in [0.25, 0.3) is 0 Å². The van der Waals surface area contributed by atoms with E-state index in [0.29, 0.717) is 6.54 Å². The van der Waals surface area contributed by atoms with Crippen LogP contribution < -0.4 is 11.1 Å². The molecule has 0 radical (unpaired) electrons. The van der Waals surface area contributed by atoms with Gasteiger partial charge in [0.1, 0.15) is 0 Å². The van der Waals surface area contributed by atoms with Crippen LogP contribution in [-0.2, 0) is 9.68 Å². The number of carbonyl (C=O) groups excluding carboxylic acids is 1. The van der Waals surface area contributed by atoms with Crippen molar-refractivity contribution in [2.45, 2.75) is 0 Å². The van der Waals surface area contributed by atoms with Crippen LogP contribution in [0, 0.1) is 0 Å². The van der Waals surface area contributed by atoms with Gasteiger partial charge in [0, 0.05) is 6.54 Å². The first-order valence-electron chi connectivity index (χ1n) is 2.52. The fourth-order valence-electron chi connectivity index (χ4n) is 0.329. The Balaban J connectivity index is 2.83. The smallest absolute Gasteiger partial charge is 0.231 e. The van der Waals surface area contributed by atoms with Crippen molar-refractivity contribution >= 4 is 5.91 Å². The lowest BCUT2D eigenvalue weighted by Crippen LogP contribution is -2.30. The lowest BCUT2D eigenvalue weighted by molar-refractivity contribution is -0.240. The van der Waals surface area contributed by atoms with Gasteiger partial charge >= 0.3 is 0 Å². The number of nitrogens with one attached hydrogen (secondary N) is 1. The lowest BCUT2D eigenvalue weighted by Gasteiger charge is -1.97. The molecule has 9 heavy (non-hydrogen) atoms. The van der Waals surface area contributed by atoms with Crippen LogP contribution >= 0.6 is 0 Å². The molecule has 0 saturated heterocycles. The Bertz CT molecular complexity index is 85.9. The Morgan fingerprint density at radius 3 is 2.89 bits per heavy atom. The van der Waals surface area contributed by atoms with Crippen LogP contribution in [-0.4, -0.2) is 30.9 Å². The van der Waals surface area contributed by atoms with E-state index in [1.165, 1.54) is 0 Å². The van der Waals surface area contributed by atoms with Gasteiger partial charge in [-0.05, 0) is 0 Å². The third kappa shape index (κ3) is 7.35. The van der Waals surface area contributed by atoms with Gasteiger partial charge in [0.2, 0.25) is 5.91 Å². The predicted octanol–water partition coefficient (Wildman–Crippen LogP) is -1.45. The molecular weight excluding hydrogens is 124 g/mol. The molecule has 0 saturated carbocycles. The fraction of sp³-hybridized carbons (Fsp3) is 0.750. The maximum Gasteiger partial charge on any atom is 0.231 e. The molecule has 0 bridgehead atoms. The maximum absolute atomic E-state index is 10.0. The molecule has 0 aromatic heterocycles. The van der Waals surface area contributed by atoms with E-state index in [1.807, 2.05) is 0 Å². The average molecular weight is 134 g/mol. The molecule has 0 aliphatic heterocycles. The molecule has 1 amide bonds. The molecule has 0 aliphatic carbocycles. The number of primary amides is 1. The highest BCUT2D eigenvalue weighted by atomic mass is 17.1. The second-order valence-electron chi connectivity index (χ2n) is 1.48. The highest BCUT2D eigenvalue weighted by Gasteiger charge is 1.90. The van der Waals surface area contributed by atoms with Gasteiger partial charge in [0.15, 0.2) is 0 Å². The summed E-state index contributed by atoms with van der Waals surface area (Å²) in [5.41, 5.74) is 4.77. The highest BCUT2D eigenvalue weighted by molar-refractivity contribution is 5.75. The molecule has 54 valence electrons. The molecule has 0 rings (SSSR count). The van der Waals surface area contributed by atoms with Crippen LogP contribution in [0.1, 0.15) is 0 Å². The second-order valence-corrected chi connectivity index (χ2v) is 1.48.